The molecule has 1 aliphatic carbocycles. The van der Waals surface area contributed by atoms with Gasteiger partial charge >= 0.3 is 0 Å². The van der Waals surface area contributed by atoms with E-state index in [1.54, 1.807) is 0 Å². The highest BCUT2D eigenvalue weighted by Crippen LogP contribution is 2.36. The van der Waals surface area contributed by atoms with Crippen LogP contribution in [0.4, 0.5) is 0 Å². The third-order valence-corrected chi connectivity index (χ3v) is 4.78. The standard InChI is InChI=1S/C14H30N2/c1-5-10(2)8-14(16-15)13-7-6-11(3)12(4)9-13/h10-14,16H,5-9,15H2,1-4H3. The van der Waals surface area contributed by atoms with Gasteiger partial charge in [0, 0.05) is 6.04 Å². The minimum Gasteiger partial charge on any atom is -0.271 e. The van der Waals surface area contributed by atoms with Crippen LogP contribution in [0.3, 0.4) is 0 Å². The first-order valence-corrected chi connectivity index (χ1v) is 7.04. The Kier molecular flexibility index (Phi) is 5.77. The van der Waals surface area contributed by atoms with E-state index in [4.69, 9.17) is 5.84 Å². The molecule has 5 unspecified atom stereocenters. The van der Waals surface area contributed by atoms with Crippen LogP contribution in [-0.2, 0) is 0 Å². The van der Waals surface area contributed by atoms with Gasteiger partial charge in [-0.2, -0.15) is 0 Å². The topological polar surface area (TPSA) is 38.0 Å². The van der Waals surface area contributed by atoms with E-state index in [0.29, 0.717) is 6.04 Å². The average molecular weight is 226 g/mol. The van der Waals surface area contributed by atoms with Crippen molar-refractivity contribution in [2.75, 3.05) is 0 Å². The number of hydrogen-bond acceptors (Lipinski definition) is 2. The Morgan fingerprint density at radius 3 is 2.44 bits per heavy atom. The molecule has 0 spiro atoms. The van der Waals surface area contributed by atoms with E-state index in [0.717, 1.165) is 23.7 Å². The van der Waals surface area contributed by atoms with Gasteiger partial charge in [-0.3, -0.25) is 11.3 Å². The van der Waals surface area contributed by atoms with E-state index in [1.807, 2.05) is 0 Å². The fourth-order valence-electron chi connectivity index (χ4n) is 2.95. The summed E-state index contributed by atoms with van der Waals surface area (Å²) in [6.07, 6.45) is 6.59. The lowest BCUT2D eigenvalue weighted by atomic mass is 9.72. The van der Waals surface area contributed by atoms with Crippen LogP contribution in [0.5, 0.6) is 0 Å². The van der Waals surface area contributed by atoms with Crippen LogP contribution < -0.4 is 11.3 Å². The highest BCUT2D eigenvalue weighted by molar-refractivity contribution is 4.83. The smallest absolute Gasteiger partial charge is 0.0241 e. The second-order valence-corrected chi connectivity index (χ2v) is 6.05. The molecular formula is C14H30N2. The zero-order valence-electron chi connectivity index (χ0n) is 11.5. The second kappa shape index (κ2) is 6.61. The van der Waals surface area contributed by atoms with Crippen LogP contribution in [0.1, 0.15) is 59.8 Å². The molecule has 5 atom stereocenters. The van der Waals surface area contributed by atoms with Gasteiger partial charge in [0.1, 0.15) is 0 Å². The molecule has 1 saturated carbocycles. The summed E-state index contributed by atoms with van der Waals surface area (Å²) in [4.78, 5) is 0. The van der Waals surface area contributed by atoms with Crippen molar-refractivity contribution in [2.45, 2.75) is 65.8 Å². The Morgan fingerprint density at radius 2 is 1.94 bits per heavy atom. The maximum Gasteiger partial charge on any atom is 0.0241 e. The summed E-state index contributed by atoms with van der Waals surface area (Å²) < 4.78 is 0. The predicted octanol–water partition coefficient (Wildman–Crippen LogP) is 3.33. The van der Waals surface area contributed by atoms with Gasteiger partial charge in [-0.15, -0.1) is 0 Å². The minimum absolute atomic E-state index is 0.532. The third kappa shape index (κ3) is 3.74. The molecule has 0 aromatic heterocycles. The van der Waals surface area contributed by atoms with E-state index in [9.17, 15) is 0 Å². The molecule has 1 aliphatic rings. The SMILES string of the molecule is CCC(C)CC(NN)C1CCC(C)C(C)C1. The first kappa shape index (κ1) is 14.0. The minimum atomic E-state index is 0.532. The number of hydrogen-bond donors (Lipinski definition) is 2. The Labute approximate surface area is 101 Å². The van der Waals surface area contributed by atoms with Gasteiger partial charge in [0.2, 0.25) is 0 Å². The Morgan fingerprint density at radius 1 is 1.25 bits per heavy atom. The van der Waals surface area contributed by atoms with Crippen molar-refractivity contribution in [3.63, 3.8) is 0 Å². The van der Waals surface area contributed by atoms with Crippen LogP contribution in [0.2, 0.25) is 0 Å². The predicted molar refractivity (Wildman–Crippen MR) is 70.9 cm³/mol. The van der Waals surface area contributed by atoms with Crippen molar-refractivity contribution in [2.24, 2.45) is 29.5 Å². The summed E-state index contributed by atoms with van der Waals surface area (Å²) in [5, 5.41) is 0. The summed E-state index contributed by atoms with van der Waals surface area (Å²) in [5.41, 5.74) is 3.07. The van der Waals surface area contributed by atoms with Gasteiger partial charge in [-0.1, -0.05) is 40.5 Å². The quantitative estimate of drug-likeness (QED) is 0.557. The number of rotatable bonds is 5. The summed E-state index contributed by atoms with van der Waals surface area (Å²) in [7, 11) is 0. The van der Waals surface area contributed by atoms with Crippen molar-refractivity contribution in [1.82, 2.24) is 5.43 Å². The Bertz CT molecular complexity index is 191. The number of hydrazine groups is 1. The zero-order chi connectivity index (χ0) is 12.1. The molecule has 2 heteroatoms. The normalized spacial score (nSPS) is 34.7. The summed E-state index contributed by atoms with van der Waals surface area (Å²) >= 11 is 0. The van der Waals surface area contributed by atoms with Crippen LogP contribution >= 0.6 is 0 Å². The fourth-order valence-corrected chi connectivity index (χ4v) is 2.95. The average Bonchev–Trinajstić information content (AvgIpc) is 2.29. The fraction of sp³-hybridized carbons (Fsp3) is 1.00. The van der Waals surface area contributed by atoms with Gasteiger partial charge in [-0.05, 0) is 42.9 Å². The van der Waals surface area contributed by atoms with Crippen LogP contribution in [0.25, 0.3) is 0 Å². The maximum absolute atomic E-state index is 5.74. The molecule has 2 nitrogen and oxygen atoms in total. The molecule has 1 fully saturated rings. The van der Waals surface area contributed by atoms with Crippen LogP contribution in [0.15, 0.2) is 0 Å². The number of nitrogens with two attached hydrogens (primary N) is 1. The summed E-state index contributed by atoms with van der Waals surface area (Å²) in [6, 6.07) is 0.532. The van der Waals surface area contributed by atoms with Crippen LogP contribution in [0, 0.1) is 23.7 Å². The lowest BCUT2D eigenvalue weighted by Crippen LogP contribution is -2.44. The van der Waals surface area contributed by atoms with Crippen molar-refractivity contribution in [1.29, 1.82) is 0 Å². The summed E-state index contributed by atoms with van der Waals surface area (Å²) in [5.74, 6) is 9.09. The molecule has 16 heavy (non-hydrogen) atoms. The monoisotopic (exact) mass is 226 g/mol. The molecular weight excluding hydrogens is 196 g/mol. The van der Waals surface area contributed by atoms with Gasteiger partial charge in [0.15, 0.2) is 0 Å². The van der Waals surface area contributed by atoms with Gasteiger partial charge < -0.3 is 0 Å². The molecule has 0 aliphatic heterocycles. The molecule has 0 aromatic carbocycles. The van der Waals surface area contributed by atoms with E-state index in [-0.39, 0.29) is 0 Å². The molecule has 0 saturated heterocycles. The van der Waals surface area contributed by atoms with Gasteiger partial charge in [0.25, 0.3) is 0 Å². The number of nitrogens with one attached hydrogen (secondary N) is 1. The van der Waals surface area contributed by atoms with Crippen molar-refractivity contribution < 1.29 is 0 Å². The Hall–Kier alpha value is -0.0800. The van der Waals surface area contributed by atoms with E-state index in [1.165, 1.54) is 32.1 Å². The van der Waals surface area contributed by atoms with E-state index < -0.39 is 0 Å². The molecule has 0 bridgehead atoms. The second-order valence-electron chi connectivity index (χ2n) is 6.05. The summed E-state index contributed by atoms with van der Waals surface area (Å²) in [6.45, 7) is 9.39. The first-order chi connectivity index (χ1) is 7.58. The van der Waals surface area contributed by atoms with Gasteiger partial charge in [-0.25, -0.2) is 0 Å². The lowest BCUT2D eigenvalue weighted by Gasteiger charge is -2.37. The molecule has 1 rings (SSSR count). The van der Waals surface area contributed by atoms with E-state index in [2.05, 4.69) is 33.1 Å². The van der Waals surface area contributed by atoms with Gasteiger partial charge in [0.05, 0.1) is 0 Å². The molecule has 0 radical (unpaired) electrons. The largest absolute Gasteiger partial charge is 0.271 e. The van der Waals surface area contributed by atoms with Crippen LogP contribution in [-0.4, -0.2) is 6.04 Å². The third-order valence-electron chi connectivity index (χ3n) is 4.78. The molecule has 0 aromatic rings. The first-order valence-electron chi connectivity index (χ1n) is 7.04. The molecule has 0 amide bonds. The van der Waals surface area contributed by atoms with Crippen molar-refractivity contribution in [3.05, 3.63) is 0 Å². The van der Waals surface area contributed by atoms with Crippen molar-refractivity contribution >= 4 is 0 Å². The van der Waals surface area contributed by atoms with E-state index >= 15 is 0 Å². The molecule has 96 valence electrons. The lowest BCUT2D eigenvalue weighted by molar-refractivity contribution is 0.158. The molecule has 0 heterocycles. The van der Waals surface area contributed by atoms with Crippen molar-refractivity contribution in [3.8, 4) is 0 Å². The highest BCUT2D eigenvalue weighted by atomic mass is 15.2. The highest BCUT2D eigenvalue weighted by Gasteiger charge is 2.30. The zero-order valence-corrected chi connectivity index (χ0v) is 11.5. The molecule has 3 N–H and O–H groups in total. The Balaban J connectivity index is 2.47. The maximum atomic E-state index is 5.74.